The average Bonchev–Trinajstić information content (AvgIpc) is 3.83. The maximum atomic E-state index is 13.2. The van der Waals surface area contributed by atoms with Crippen molar-refractivity contribution in [2.45, 2.75) is 127 Å². The summed E-state index contributed by atoms with van der Waals surface area (Å²) in [5.74, 6) is -6.72. The molecule has 74 heavy (non-hydrogen) atoms. The van der Waals surface area contributed by atoms with Crippen LogP contribution in [0.1, 0.15) is 97.0 Å². The normalized spacial score (nSPS) is 16.2. The molecule has 25 nitrogen and oxygen atoms in total. The Morgan fingerprint density at radius 3 is 2.01 bits per heavy atom. The number of ether oxygens (including phenoxy) is 2. The molecule has 11 N–H and O–H groups in total. The van der Waals surface area contributed by atoms with Crippen LogP contribution in [0.4, 0.5) is 0 Å². The Labute approximate surface area is 433 Å². The highest BCUT2D eigenvalue weighted by atomic mass is 32.2. The standard InChI is InChI=1S/C48H70N10O15S/c1-5-36(59)51-19-10-8-12-30(54-37(60)6-2)47(70)56-32(45(50)68)27-74-35-25-42(65)58(48(35)71)21-17-38(61)53-26-31(44(49)67)55-46(69)28(3)11-7-9-20-52-39(62)24-29-13-14-33(34(23-29)72-4)73-43(66)18-22-57-40(63)15-16-41(57)64/h13-16,23,28,30-32,35,44,67H,5-12,17-22,24-27,49H2,1-4H3,(H2,50,68)(H,51,59)(H,52,62)(H,53,61)(H,54,60)(H,55,69)(H,56,70). The topological polar surface area (TPSA) is 374 Å². The summed E-state index contributed by atoms with van der Waals surface area (Å²) in [6, 6.07) is 1.27. The van der Waals surface area contributed by atoms with Gasteiger partial charge in [0.15, 0.2) is 11.5 Å². The lowest BCUT2D eigenvalue weighted by atomic mass is 10.0. The molecule has 2 aliphatic rings. The molecule has 2 aliphatic heterocycles. The number of likely N-dealkylation sites (tertiary alicyclic amines) is 1. The molecule has 1 fully saturated rings. The second-order valence-electron chi connectivity index (χ2n) is 17.5. The molecule has 1 aromatic rings. The lowest BCUT2D eigenvalue weighted by Crippen LogP contribution is -2.54. The van der Waals surface area contributed by atoms with Crippen molar-refractivity contribution >= 4 is 82.7 Å². The molecule has 26 heteroatoms. The van der Waals surface area contributed by atoms with Gasteiger partial charge in [0, 0.05) is 82.2 Å². The number of amides is 11. The third kappa shape index (κ3) is 20.9. The minimum Gasteiger partial charge on any atom is -0.493 e. The van der Waals surface area contributed by atoms with Gasteiger partial charge < -0.3 is 57.9 Å². The van der Waals surface area contributed by atoms with Gasteiger partial charge in [0.25, 0.3) is 11.8 Å². The summed E-state index contributed by atoms with van der Waals surface area (Å²) in [6.07, 6.45) is 3.04. The van der Waals surface area contributed by atoms with Gasteiger partial charge in [-0.25, -0.2) is 0 Å². The predicted octanol–water partition coefficient (Wildman–Crippen LogP) is -1.93. The number of nitrogens with two attached hydrogens (primary N) is 2. The van der Waals surface area contributed by atoms with E-state index in [1.54, 1.807) is 32.9 Å². The Hall–Kier alpha value is -6.93. The van der Waals surface area contributed by atoms with E-state index in [-0.39, 0.29) is 87.2 Å². The van der Waals surface area contributed by atoms with E-state index in [1.807, 2.05) is 0 Å². The van der Waals surface area contributed by atoms with Crippen LogP contribution < -0.4 is 52.8 Å². The Morgan fingerprint density at radius 1 is 0.757 bits per heavy atom. The molecule has 0 saturated carbocycles. The number of imide groups is 2. The van der Waals surface area contributed by atoms with Gasteiger partial charge in [-0.05, 0) is 49.8 Å². The van der Waals surface area contributed by atoms with Crippen LogP contribution in [0.2, 0.25) is 0 Å². The number of hydrogen-bond acceptors (Lipinski definition) is 17. The molecule has 0 spiro atoms. The first-order chi connectivity index (χ1) is 35.2. The highest BCUT2D eigenvalue weighted by molar-refractivity contribution is 8.00. The minimum atomic E-state index is -1.56. The zero-order valence-corrected chi connectivity index (χ0v) is 43.0. The molecule has 0 aromatic heterocycles. The van der Waals surface area contributed by atoms with Gasteiger partial charge in [0.2, 0.25) is 53.2 Å². The number of nitrogens with zero attached hydrogens (tertiary/aromatic N) is 2. The van der Waals surface area contributed by atoms with Gasteiger partial charge in [-0.2, -0.15) is 0 Å². The number of primary amides is 1. The number of esters is 1. The quantitative estimate of drug-likeness (QED) is 0.0119. The summed E-state index contributed by atoms with van der Waals surface area (Å²) < 4.78 is 10.7. The molecule has 1 saturated heterocycles. The highest BCUT2D eigenvalue weighted by Gasteiger charge is 2.40. The van der Waals surface area contributed by atoms with E-state index in [1.165, 1.54) is 13.2 Å². The third-order valence-corrected chi connectivity index (χ3v) is 13.1. The van der Waals surface area contributed by atoms with Crippen molar-refractivity contribution in [3.8, 4) is 11.5 Å². The number of carbonyl (C=O) groups excluding carboxylic acids is 12. The maximum Gasteiger partial charge on any atom is 0.313 e. The summed E-state index contributed by atoms with van der Waals surface area (Å²) in [7, 11) is 1.37. The van der Waals surface area contributed by atoms with E-state index < -0.39 is 94.7 Å². The average molecular weight is 1060 g/mol. The molecular weight excluding hydrogens is 989 g/mol. The molecule has 3 rings (SSSR count). The number of thioether (sulfide) groups is 1. The van der Waals surface area contributed by atoms with E-state index in [9.17, 15) is 62.6 Å². The van der Waals surface area contributed by atoms with Gasteiger partial charge in [0.1, 0.15) is 18.3 Å². The van der Waals surface area contributed by atoms with Crippen molar-refractivity contribution in [2.75, 3.05) is 45.6 Å². The van der Waals surface area contributed by atoms with Crippen LogP contribution in [0.25, 0.3) is 0 Å². The van der Waals surface area contributed by atoms with Gasteiger partial charge in [-0.1, -0.05) is 33.3 Å². The summed E-state index contributed by atoms with van der Waals surface area (Å²) in [5, 5.41) is 25.1. The van der Waals surface area contributed by atoms with Gasteiger partial charge in [0.05, 0.1) is 31.2 Å². The molecule has 6 atom stereocenters. The van der Waals surface area contributed by atoms with Crippen LogP contribution in [0, 0.1) is 5.92 Å². The SMILES string of the molecule is CCC(=O)NCCCCC(NC(=O)CC)C(=O)NC(CSC1CC(=O)N(CCC(=O)NCC(NC(=O)C(C)CCCCNC(=O)Cc2ccc(OC(=O)CCN3C(=O)C=CC3=O)c(OC)c2)C(N)O)C1=O)C(N)=O. The lowest BCUT2D eigenvalue weighted by Gasteiger charge is -2.24. The fraction of sp³-hybridized carbons (Fsp3) is 0.583. The molecule has 6 unspecified atom stereocenters. The van der Waals surface area contributed by atoms with Crippen molar-refractivity contribution in [1.29, 1.82) is 0 Å². The number of hydrogen-bond donors (Lipinski definition) is 9. The number of methoxy groups -OCH3 is 1. The zero-order chi connectivity index (χ0) is 54.9. The van der Waals surface area contributed by atoms with Crippen LogP contribution in [-0.2, 0) is 64.0 Å². The Balaban J connectivity index is 1.36. The fourth-order valence-corrected chi connectivity index (χ4v) is 8.52. The maximum absolute atomic E-state index is 13.2. The van der Waals surface area contributed by atoms with Crippen LogP contribution in [0.5, 0.6) is 11.5 Å². The van der Waals surface area contributed by atoms with E-state index in [2.05, 4.69) is 31.9 Å². The van der Waals surface area contributed by atoms with E-state index in [4.69, 9.17) is 20.9 Å². The van der Waals surface area contributed by atoms with Crippen LogP contribution >= 0.6 is 11.8 Å². The van der Waals surface area contributed by atoms with Crippen molar-refractivity contribution in [3.05, 3.63) is 35.9 Å². The first-order valence-electron chi connectivity index (χ1n) is 24.5. The summed E-state index contributed by atoms with van der Waals surface area (Å²) >= 11 is 0.929. The lowest BCUT2D eigenvalue weighted by molar-refractivity contribution is -0.141. The Kier molecular flexibility index (Phi) is 26.2. The summed E-state index contributed by atoms with van der Waals surface area (Å²) in [6.45, 7) is 5.00. The van der Waals surface area contributed by atoms with Crippen LogP contribution in [0.3, 0.4) is 0 Å². The van der Waals surface area contributed by atoms with Gasteiger partial charge in [-0.15, -0.1) is 11.8 Å². The number of aliphatic hydroxyl groups is 1. The Bertz CT molecular complexity index is 2230. The molecule has 1 aromatic carbocycles. The van der Waals surface area contributed by atoms with Crippen molar-refractivity contribution < 1.29 is 72.1 Å². The first-order valence-corrected chi connectivity index (χ1v) is 25.5. The number of benzene rings is 1. The molecule has 11 amide bonds. The predicted molar refractivity (Wildman–Crippen MR) is 267 cm³/mol. The van der Waals surface area contributed by atoms with Gasteiger partial charge in [-0.3, -0.25) is 67.3 Å². The first kappa shape index (κ1) is 61.4. The van der Waals surface area contributed by atoms with Gasteiger partial charge >= 0.3 is 5.97 Å². The number of carbonyl (C=O) groups is 12. The molecule has 0 aliphatic carbocycles. The number of unbranched alkanes of at least 4 members (excludes halogenated alkanes) is 2. The molecule has 2 heterocycles. The summed E-state index contributed by atoms with van der Waals surface area (Å²) in [4.78, 5) is 151. The minimum absolute atomic E-state index is 0.0102. The smallest absolute Gasteiger partial charge is 0.313 e. The van der Waals surface area contributed by atoms with Crippen LogP contribution in [0.15, 0.2) is 30.4 Å². The second kappa shape index (κ2) is 31.6. The fourth-order valence-electron chi connectivity index (χ4n) is 7.31. The monoisotopic (exact) mass is 1060 g/mol. The Morgan fingerprint density at radius 2 is 1.39 bits per heavy atom. The summed E-state index contributed by atoms with van der Waals surface area (Å²) in [5.41, 5.74) is 11.8. The van der Waals surface area contributed by atoms with Crippen molar-refractivity contribution in [1.82, 2.24) is 41.7 Å². The number of aliphatic hydroxyl groups excluding tert-OH is 1. The van der Waals surface area contributed by atoms with Crippen molar-refractivity contribution in [3.63, 3.8) is 0 Å². The number of nitrogens with one attached hydrogen (secondary N) is 6. The largest absolute Gasteiger partial charge is 0.493 e. The zero-order valence-electron chi connectivity index (χ0n) is 42.2. The number of rotatable bonds is 34. The third-order valence-electron chi connectivity index (χ3n) is 11.8. The molecule has 408 valence electrons. The van der Waals surface area contributed by atoms with E-state index in [0.29, 0.717) is 57.2 Å². The highest BCUT2D eigenvalue weighted by Crippen LogP contribution is 2.29. The molecular formula is C48H70N10O15S. The van der Waals surface area contributed by atoms with E-state index >= 15 is 0 Å². The van der Waals surface area contributed by atoms with Crippen molar-refractivity contribution in [2.24, 2.45) is 17.4 Å². The van der Waals surface area contributed by atoms with Crippen LogP contribution in [-0.4, -0.2) is 161 Å². The molecule has 0 bridgehead atoms. The molecule has 0 radical (unpaired) electrons. The second-order valence-corrected chi connectivity index (χ2v) is 18.7. The van der Waals surface area contributed by atoms with E-state index in [0.717, 1.165) is 33.7 Å².